The van der Waals surface area contributed by atoms with Crippen molar-refractivity contribution in [2.45, 2.75) is 37.5 Å². The van der Waals surface area contributed by atoms with E-state index < -0.39 is 10.0 Å². The van der Waals surface area contributed by atoms with Crippen LogP contribution < -0.4 is 0 Å². The van der Waals surface area contributed by atoms with Gasteiger partial charge in [0.15, 0.2) is 0 Å². The molecule has 3 rings (SSSR count). The van der Waals surface area contributed by atoms with Gasteiger partial charge in [0, 0.05) is 32.2 Å². The Morgan fingerprint density at radius 1 is 1.26 bits per heavy atom. The predicted molar refractivity (Wildman–Crippen MR) is 89.3 cm³/mol. The van der Waals surface area contributed by atoms with Crippen LogP contribution in [-0.2, 0) is 10.0 Å². The van der Waals surface area contributed by atoms with E-state index in [-0.39, 0.29) is 11.3 Å². The molecule has 2 saturated heterocycles. The number of hydrogen-bond donors (Lipinski definition) is 0. The van der Waals surface area contributed by atoms with Crippen molar-refractivity contribution in [3.8, 4) is 6.07 Å². The molecular weight excluding hydrogens is 310 g/mol. The molecule has 1 aromatic rings. The van der Waals surface area contributed by atoms with Gasteiger partial charge in [-0.15, -0.1) is 0 Å². The molecule has 0 bridgehead atoms. The fraction of sp³-hybridized carbons (Fsp3) is 0.588. The Morgan fingerprint density at radius 3 is 2.70 bits per heavy atom. The first kappa shape index (κ1) is 16.4. The van der Waals surface area contributed by atoms with Crippen LogP contribution in [0.4, 0.5) is 0 Å². The largest absolute Gasteiger partial charge is 0.295 e. The van der Waals surface area contributed by atoms with Gasteiger partial charge in [-0.1, -0.05) is 12.1 Å². The zero-order valence-corrected chi connectivity index (χ0v) is 14.3. The van der Waals surface area contributed by atoms with Gasteiger partial charge in [0.1, 0.15) is 0 Å². The first-order chi connectivity index (χ1) is 11.0. The van der Waals surface area contributed by atoms with Crippen molar-refractivity contribution in [3.05, 3.63) is 35.4 Å². The van der Waals surface area contributed by atoms with Gasteiger partial charge in [0.05, 0.1) is 16.9 Å². The monoisotopic (exact) mass is 333 g/mol. The maximum atomic E-state index is 12.7. The van der Waals surface area contributed by atoms with Crippen molar-refractivity contribution < 1.29 is 8.42 Å². The van der Waals surface area contributed by atoms with Crippen LogP contribution in [0.5, 0.6) is 0 Å². The van der Waals surface area contributed by atoms with Crippen LogP contribution in [0.3, 0.4) is 0 Å². The molecule has 0 radical (unpaired) electrons. The fourth-order valence-corrected chi connectivity index (χ4v) is 5.55. The minimum Gasteiger partial charge on any atom is -0.295 e. The van der Waals surface area contributed by atoms with Gasteiger partial charge in [0.25, 0.3) is 0 Å². The Morgan fingerprint density at radius 2 is 2.00 bits per heavy atom. The standard InChI is InChI=1S/C17H23N3O2S/c1-14(16-6-4-5-15(11-16)12-18)19-10-7-17(13-19)23(21,22)20-8-2-3-9-20/h4-6,11,14,17H,2-3,7-10,13H2,1H3. The van der Waals surface area contributed by atoms with Gasteiger partial charge in [0.2, 0.25) is 10.0 Å². The normalized spacial score (nSPS) is 24.6. The van der Waals surface area contributed by atoms with Crippen molar-refractivity contribution in [3.63, 3.8) is 0 Å². The minimum absolute atomic E-state index is 0.127. The zero-order valence-electron chi connectivity index (χ0n) is 13.5. The Labute approximate surface area is 138 Å². The quantitative estimate of drug-likeness (QED) is 0.846. The topological polar surface area (TPSA) is 64.4 Å². The first-order valence-electron chi connectivity index (χ1n) is 8.25. The van der Waals surface area contributed by atoms with E-state index in [9.17, 15) is 8.42 Å². The van der Waals surface area contributed by atoms with Crippen molar-refractivity contribution in [1.82, 2.24) is 9.21 Å². The summed E-state index contributed by atoms with van der Waals surface area (Å²) >= 11 is 0. The number of sulfonamides is 1. The molecule has 2 heterocycles. The summed E-state index contributed by atoms with van der Waals surface area (Å²) in [6, 6.07) is 9.87. The minimum atomic E-state index is -3.16. The van der Waals surface area contributed by atoms with E-state index in [1.807, 2.05) is 18.2 Å². The lowest BCUT2D eigenvalue weighted by atomic mass is 10.0. The molecule has 5 nitrogen and oxygen atoms in total. The molecule has 0 saturated carbocycles. The molecule has 2 fully saturated rings. The predicted octanol–water partition coefficient (Wildman–Crippen LogP) is 2.12. The van der Waals surface area contributed by atoms with E-state index >= 15 is 0 Å². The highest BCUT2D eigenvalue weighted by molar-refractivity contribution is 7.89. The summed E-state index contributed by atoms with van der Waals surface area (Å²) in [4.78, 5) is 2.22. The third-order valence-electron chi connectivity index (χ3n) is 5.07. The number of likely N-dealkylation sites (tertiary alicyclic amines) is 1. The summed E-state index contributed by atoms with van der Waals surface area (Å²) in [5, 5.41) is 8.74. The van der Waals surface area contributed by atoms with Gasteiger partial charge in [-0.3, -0.25) is 4.90 Å². The number of nitrogens with zero attached hydrogens (tertiary/aromatic N) is 3. The second-order valence-electron chi connectivity index (χ2n) is 6.47. The molecule has 2 unspecified atom stereocenters. The summed E-state index contributed by atoms with van der Waals surface area (Å²) in [5.74, 6) is 0. The number of nitriles is 1. The molecule has 2 aliphatic rings. The zero-order chi connectivity index (χ0) is 16.4. The average Bonchev–Trinajstić information content (AvgIpc) is 3.26. The smallest absolute Gasteiger partial charge is 0.218 e. The Bertz CT molecular complexity index is 705. The van der Waals surface area contributed by atoms with E-state index in [0.29, 0.717) is 31.6 Å². The third kappa shape index (κ3) is 3.27. The van der Waals surface area contributed by atoms with Gasteiger partial charge < -0.3 is 0 Å². The molecule has 124 valence electrons. The van der Waals surface area contributed by atoms with E-state index in [0.717, 1.165) is 24.9 Å². The maximum absolute atomic E-state index is 12.7. The number of hydrogen-bond acceptors (Lipinski definition) is 4. The van der Waals surface area contributed by atoms with Crippen LogP contribution >= 0.6 is 0 Å². The van der Waals surface area contributed by atoms with Gasteiger partial charge >= 0.3 is 0 Å². The molecule has 0 spiro atoms. The molecule has 2 aliphatic heterocycles. The molecule has 2 atom stereocenters. The Kier molecular flexibility index (Phi) is 4.72. The van der Waals surface area contributed by atoms with E-state index in [4.69, 9.17) is 5.26 Å². The lowest BCUT2D eigenvalue weighted by molar-refractivity contribution is 0.263. The number of rotatable bonds is 4. The summed E-state index contributed by atoms with van der Waals surface area (Å²) in [5.41, 5.74) is 1.72. The lowest BCUT2D eigenvalue weighted by Crippen LogP contribution is -2.38. The fourth-order valence-electron chi connectivity index (χ4n) is 3.58. The van der Waals surface area contributed by atoms with Crippen molar-refractivity contribution in [1.29, 1.82) is 5.26 Å². The number of benzene rings is 1. The summed E-state index contributed by atoms with van der Waals surface area (Å²) < 4.78 is 27.1. The molecule has 0 aliphatic carbocycles. The van der Waals surface area contributed by atoms with Crippen LogP contribution in [0.25, 0.3) is 0 Å². The first-order valence-corrected chi connectivity index (χ1v) is 9.76. The van der Waals surface area contributed by atoms with Gasteiger partial charge in [-0.05, 0) is 43.9 Å². The second kappa shape index (κ2) is 6.60. The molecule has 0 amide bonds. The lowest BCUT2D eigenvalue weighted by Gasteiger charge is -2.26. The molecule has 6 heteroatoms. The third-order valence-corrected chi connectivity index (χ3v) is 7.38. The average molecular weight is 333 g/mol. The van der Waals surface area contributed by atoms with Gasteiger partial charge in [-0.25, -0.2) is 12.7 Å². The SMILES string of the molecule is CC(c1cccc(C#N)c1)N1CCC(S(=O)(=O)N2CCCC2)C1. The van der Waals surface area contributed by atoms with Crippen molar-refractivity contribution >= 4 is 10.0 Å². The Balaban J connectivity index is 1.70. The summed E-state index contributed by atoms with van der Waals surface area (Å²) in [6.07, 6.45) is 2.65. The summed E-state index contributed by atoms with van der Waals surface area (Å²) in [7, 11) is -3.16. The van der Waals surface area contributed by atoms with Crippen LogP contribution in [0, 0.1) is 11.3 Å². The molecule has 0 aromatic heterocycles. The second-order valence-corrected chi connectivity index (χ2v) is 8.68. The summed E-state index contributed by atoms with van der Waals surface area (Å²) in [6.45, 7) is 4.81. The molecular formula is C17H23N3O2S. The van der Waals surface area contributed by atoms with Gasteiger partial charge in [-0.2, -0.15) is 5.26 Å². The molecule has 0 N–H and O–H groups in total. The van der Waals surface area contributed by atoms with Crippen LogP contribution in [0.2, 0.25) is 0 Å². The highest BCUT2D eigenvalue weighted by Crippen LogP contribution is 2.30. The van der Waals surface area contributed by atoms with E-state index in [2.05, 4.69) is 17.9 Å². The van der Waals surface area contributed by atoms with Crippen LogP contribution in [0.15, 0.2) is 24.3 Å². The highest BCUT2D eigenvalue weighted by atomic mass is 32.2. The molecule has 23 heavy (non-hydrogen) atoms. The maximum Gasteiger partial charge on any atom is 0.218 e. The van der Waals surface area contributed by atoms with Crippen LogP contribution in [-0.4, -0.2) is 49.1 Å². The van der Waals surface area contributed by atoms with Crippen LogP contribution in [0.1, 0.15) is 43.4 Å². The molecule has 1 aromatic carbocycles. The highest BCUT2D eigenvalue weighted by Gasteiger charge is 2.39. The Hall–Kier alpha value is -1.42. The van der Waals surface area contributed by atoms with E-state index in [1.54, 1.807) is 10.4 Å². The van der Waals surface area contributed by atoms with Crippen molar-refractivity contribution in [2.75, 3.05) is 26.2 Å². The van der Waals surface area contributed by atoms with Crippen molar-refractivity contribution in [2.24, 2.45) is 0 Å². The van der Waals surface area contributed by atoms with E-state index in [1.165, 1.54) is 0 Å².